The molecule has 4 rings (SSSR count). The first-order valence-electron chi connectivity index (χ1n) is 11.1. The molecule has 0 unspecified atom stereocenters. The van der Waals surface area contributed by atoms with Crippen molar-refractivity contribution in [3.8, 4) is 17.2 Å². The van der Waals surface area contributed by atoms with E-state index >= 15 is 0 Å². The van der Waals surface area contributed by atoms with Crippen molar-refractivity contribution in [3.05, 3.63) is 95.6 Å². The second-order valence-electron chi connectivity index (χ2n) is 7.82. The highest BCUT2D eigenvalue weighted by atomic mass is 127. The Morgan fingerprint density at radius 1 is 0.974 bits per heavy atom. The maximum Gasteiger partial charge on any atom is 0.335 e. The molecule has 0 saturated carbocycles. The van der Waals surface area contributed by atoms with Gasteiger partial charge in [0.25, 0.3) is 17.5 Å². The Labute approximate surface area is 233 Å². The molecule has 1 N–H and O–H groups in total. The van der Waals surface area contributed by atoms with Crippen molar-refractivity contribution in [1.29, 1.82) is 0 Å². The van der Waals surface area contributed by atoms with Crippen LogP contribution < -0.4 is 19.7 Å². The molecule has 1 aliphatic rings. The first-order chi connectivity index (χ1) is 18.6. The van der Waals surface area contributed by atoms with Crippen molar-refractivity contribution in [2.24, 2.45) is 0 Å². The molecule has 39 heavy (non-hydrogen) atoms. The zero-order valence-corrected chi connectivity index (χ0v) is 22.1. The van der Waals surface area contributed by atoms with Crippen LogP contribution in [0.5, 0.6) is 17.2 Å². The molecule has 13 nitrogen and oxygen atoms in total. The van der Waals surface area contributed by atoms with Crippen LogP contribution in [0.15, 0.2) is 66.2 Å². The molecule has 0 bridgehead atoms. The van der Waals surface area contributed by atoms with Crippen LogP contribution in [0.2, 0.25) is 0 Å². The van der Waals surface area contributed by atoms with Crippen LogP contribution in [0, 0.1) is 23.8 Å². The lowest BCUT2D eigenvalue weighted by Gasteiger charge is -2.26. The molecule has 1 heterocycles. The Kier molecular flexibility index (Phi) is 7.85. The third kappa shape index (κ3) is 5.69. The predicted molar refractivity (Wildman–Crippen MR) is 146 cm³/mol. The highest BCUT2D eigenvalue weighted by molar-refractivity contribution is 14.1. The number of nitro groups is 2. The number of carbonyl (C=O) groups excluding carboxylic acids is 3. The minimum Gasteiger partial charge on any atom is -0.490 e. The molecule has 0 atom stereocenters. The number of hydrogen-bond acceptors (Lipinski definition) is 9. The lowest BCUT2D eigenvalue weighted by atomic mass is 10.1. The fourth-order valence-corrected chi connectivity index (χ4v) is 4.36. The Balaban J connectivity index is 1.74. The molecule has 198 valence electrons. The Morgan fingerprint density at radius 2 is 1.69 bits per heavy atom. The van der Waals surface area contributed by atoms with E-state index in [0.29, 0.717) is 9.13 Å². The molecule has 1 aliphatic heterocycles. The Hall–Kier alpha value is -4.86. The van der Waals surface area contributed by atoms with Crippen LogP contribution in [0.1, 0.15) is 12.5 Å². The summed E-state index contributed by atoms with van der Waals surface area (Å²) in [6.45, 7) is 1.86. The molecule has 1 fully saturated rings. The summed E-state index contributed by atoms with van der Waals surface area (Å²) in [6.07, 6.45) is 1.28. The number of para-hydroxylation sites is 1. The molecule has 0 aromatic heterocycles. The molecule has 1 saturated heterocycles. The number of urea groups is 1. The van der Waals surface area contributed by atoms with E-state index < -0.39 is 39.1 Å². The molecular formula is C25H17IN4O9. The quantitative estimate of drug-likeness (QED) is 0.117. The highest BCUT2D eigenvalue weighted by Gasteiger charge is 2.37. The van der Waals surface area contributed by atoms with Crippen LogP contribution in [-0.4, -0.2) is 34.3 Å². The van der Waals surface area contributed by atoms with Crippen LogP contribution in [0.3, 0.4) is 0 Å². The second kappa shape index (κ2) is 11.3. The van der Waals surface area contributed by atoms with E-state index in [-0.39, 0.29) is 35.1 Å². The lowest BCUT2D eigenvalue weighted by Crippen LogP contribution is -2.54. The van der Waals surface area contributed by atoms with Gasteiger partial charge in [0.15, 0.2) is 11.5 Å². The maximum atomic E-state index is 13.1. The number of non-ortho nitro benzene ring substituents is 1. The number of amides is 4. The summed E-state index contributed by atoms with van der Waals surface area (Å²) >= 11 is 1.88. The van der Waals surface area contributed by atoms with E-state index in [1.54, 1.807) is 37.3 Å². The van der Waals surface area contributed by atoms with Gasteiger partial charge in [0, 0.05) is 6.07 Å². The third-order valence-electron chi connectivity index (χ3n) is 5.32. The van der Waals surface area contributed by atoms with Crippen molar-refractivity contribution in [2.45, 2.75) is 6.92 Å². The minimum absolute atomic E-state index is 0.0806. The number of halogens is 1. The third-order valence-corrected chi connectivity index (χ3v) is 6.12. The number of imide groups is 2. The van der Waals surface area contributed by atoms with E-state index in [1.165, 1.54) is 18.2 Å². The summed E-state index contributed by atoms with van der Waals surface area (Å²) in [5.41, 5.74) is -0.792. The summed E-state index contributed by atoms with van der Waals surface area (Å²) in [4.78, 5) is 59.9. The van der Waals surface area contributed by atoms with E-state index in [0.717, 1.165) is 23.1 Å². The van der Waals surface area contributed by atoms with Gasteiger partial charge in [-0.05, 0) is 71.5 Å². The van der Waals surface area contributed by atoms with E-state index in [1.807, 2.05) is 22.6 Å². The summed E-state index contributed by atoms with van der Waals surface area (Å²) in [7, 11) is 0. The summed E-state index contributed by atoms with van der Waals surface area (Å²) < 4.78 is 11.8. The largest absolute Gasteiger partial charge is 0.490 e. The standard InChI is InChI=1S/C25H17IN4O9/c1-2-38-21-12-14(10-17-23(31)27-25(33)28(24(17)32)15-6-4-3-5-7-15)11-18(26)22(21)39-20-9-8-16(29(34)35)13-19(20)30(36)37/h3-13H,2H2,1H3,(H,27,31,33)/b17-10+. The number of nitro benzene ring substituents is 2. The van der Waals surface area contributed by atoms with Gasteiger partial charge >= 0.3 is 11.7 Å². The fourth-order valence-electron chi connectivity index (χ4n) is 3.63. The van der Waals surface area contributed by atoms with Crippen LogP contribution in [0.25, 0.3) is 6.08 Å². The van der Waals surface area contributed by atoms with Gasteiger partial charge in [-0.1, -0.05) is 18.2 Å². The van der Waals surface area contributed by atoms with E-state index in [9.17, 15) is 34.6 Å². The van der Waals surface area contributed by atoms with Crippen LogP contribution in [0.4, 0.5) is 21.9 Å². The minimum atomic E-state index is -0.883. The Morgan fingerprint density at radius 3 is 2.33 bits per heavy atom. The average Bonchev–Trinajstić information content (AvgIpc) is 2.89. The predicted octanol–water partition coefficient (Wildman–Crippen LogP) is 4.97. The molecule has 3 aromatic carbocycles. The summed E-state index contributed by atoms with van der Waals surface area (Å²) in [5.74, 6) is -1.76. The zero-order valence-electron chi connectivity index (χ0n) is 20.0. The molecule has 0 aliphatic carbocycles. The normalized spacial score (nSPS) is 14.3. The van der Waals surface area contributed by atoms with Gasteiger partial charge < -0.3 is 9.47 Å². The van der Waals surface area contributed by atoms with E-state index in [2.05, 4.69) is 5.32 Å². The molecule has 14 heteroatoms. The summed E-state index contributed by atoms with van der Waals surface area (Å²) in [6, 6.07) is 13.2. The van der Waals surface area contributed by atoms with Crippen LogP contribution in [-0.2, 0) is 9.59 Å². The smallest absolute Gasteiger partial charge is 0.335 e. The first kappa shape index (κ1) is 27.2. The highest BCUT2D eigenvalue weighted by Crippen LogP contribution is 2.41. The molecule has 0 radical (unpaired) electrons. The molecule has 0 spiro atoms. The van der Waals surface area contributed by atoms with Crippen molar-refractivity contribution < 1.29 is 33.7 Å². The number of nitrogens with zero attached hydrogens (tertiary/aromatic N) is 3. The topological polar surface area (TPSA) is 171 Å². The number of barbiturate groups is 1. The number of carbonyl (C=O) groups is 3. The zero-order chi connectivity index (χ0) is 28.3. The number of nitrogens with one attached hydrogen (secondary N) is 1. The SMILES string of the molecule is CCOc1cc(/C=C2\C(=O)NC(=O)N(c3ccccc3)C2=O)cc(I)c1Oc1ccc([N+](=O)[O-])cc1[N+](=O)[O-]. The van der Waals surface area contributed by atoms with Gasteiger partial charge in [0.1, 0.15) is 5.57 Å². The van der Waals surface area contributed by atoms with Gasteiger partial charge in [-0.2, -0.15) is 0 Å². The fraction of sp³-hybridized carbons (Fsp3) is 0.0800. The number of hydrogen-bond donors (Lipinski definition) is 1. The lowest BCUT2D eigenvalue weighted by molar-refractivity contribution is -0.394. The second-order valence-corrected chi connectivity index (χ2v) is 8.99. The van der Waals surface area contributed by atoms with Gasteiger partial charge in [0.05, 0.1) is 31.8 Å². The average molecular weight is 644 g/mol. The van der Waals surface area contributed by atoms with Gasteiger partial charge in [0.2, 0.25) is 5.75 Å². The number of ether oxygens (including phenoxy) is 2. The van der Waals surface area contributed by atoms with Gasteiger partial charge in [-0.15, -0.1) is 0 Å². The van der Waals surface area contributed by atoms with Gasteiger partial charge in [-0.25, -0.2) is 9.69 Å². The van der Waals surface area contributed by atoms with Crippen molar-refractivity contribution in [3.63, 3.8) is 0 Å². The van der Waals surface area contributed by atoms with Crippen LogP contribution >= 0.6 is 22.6 Å². The van der Waals surface area contributed by atoms with Gasteiger partial charge in [-0.3, -0.25) is 35.1 Å². The van der Waals surface area contributed by atoms with Crippen molar-refractivity contribution in [2.75, 3.05) is 11.5 Å². The Bertz CT molecular complexity index is 1560. The maximum absolute atomic E-state index is 13.1. The number of anilines is 1. The monoisotopic (exact) mass is 644 g/mol. The molecule has 3 aromatic rings. The molecule has 4 amide bonds. The van der Waals surface area contributed by atoms with E-state index in [4.69, 9.17) is 9.47 Å². The number of rotatable bonds is 8. The first-order valence-corrected chi connectivity index (χ1v) is 12.2. The molecular weight excluding hydrogens is 627 g/mol. The summed E-state index contributed by atoms with van der Waals surface area (Å²) in [5, 5.41) is 24.7. The van der Waals surface area contributed by atoms with Crippen molar-refractivity contribution in [1.82, 2.24) is 5.32 Å². The van der Waals surface area contributed by atoms with Crippen molar-refractivity contribution >= 4 is 63.6 Å². The number of benzene rings is 3.